The van der Waals surface area contributed by atoms with Gasteiger partial charge in [0.2, 0.25) is 5.91 Å². The predicted molar refractivity (Wildman–Crippen MR) is 81.9 cm³/mol. The van der Waals surface area contributed by atoms with Crippen molar-refractivity contribution in [2.45, 2.75) is 37.2 Å². The Balaban J connectivity index is 1.76. The van der Waals surface area contributed by atoms with Gasteiger partial charge >= 0.3 is 0 Å². The predicted octanol–water partition coefficient (Wildman–Crippen LogP) is 1.33. The number of amides is 1. The second kappa shape index (κ2) is 6.34. The van der Waals surface area contributed by atoms with Crippen molar-refractivity contribution in [2.24, 2.45) is 5.92 Å². The first-order valence-electron chi connectivity index (χ1n) is 8.05. The molecule has 1 saturated heterocycles. The molecule has 0 radical (unpaired) electrons. The highest BCUT2D eigenvalue weighted by Gasteiger charge is 2.44. The number of aliphatic hydroxyl groups is 1. The van der Waals surface area contributed by atoms with Crippen LogP contribution in [-0.2, 0) is 10.2 Å². The summed E-state index contributed by atoms with van der Waals surface area (Å²) < 4.78 is 14.2. The quantitative estimate of drug-likeness (QED) is 0.786. The molecule has 1 saturated carbocycles. The lowest BCUT2D eigenvalue weighted by Gasteiger charge is -2.29. The Labute approximate surface area is 130 Å². The number of nitrogens with one attached hydrogen (secondary N) is 2. The number of aliphatic hydroxyl groups excluding tert-OH is 1. The van der Waals surface area contributed by atoms with Gasteiger partial charge in [-0.3, -0.25) is 4.79 Å². The summed E-state index contributed by atoms with van der Waals surface area (Å²) >= 11 is 0. The van der Waals surface area contributed by atoms with Gasteiger partial charge in [0.15, 0.2) is 0 Å². The fraction of sp³-hybridized carbons (Fsp3) is 0.588. The molecule has 2 fully saturated rings. The molecule has 3 N–H and O–H groups in total. The maximum Gasteiger partial charge on any atom is 0.230 e. The van der Waals surface area contributed by atoms with Crippen molar-refractivity contribution < 1.29 is 14.3 Å². The van der Waals surface area contributed by atoms with E-state index in [1.54, 1.807) is 18.2 Å². The first kappa shape index (κ1) is 15.4. The summed E-state index contributed by atoms with van der Waals surface area (Å²) in [4.78, 5) is 12.8. The summed E-state index contributed by atoms with van der Waals surface area (Å²) in [6, 6.07) is 6.59. The molecule has 1 aromatic rings. The Morgan fingerprint density at radius 1 is 1.32 bits per heavy atom. The Morgan fingerprint density at radius 3 is 2.68 bits per heavy atom. The summed E-state index contributed by atoms with van der Waals surface area (Å²) in [7, 11) is 0. The van der Waals surface area contributed by atoms with Crippen LogP contribution in [0.4, 0.5) is 4.39 Å². The van der Waals surface area contributed by atoms with E-state index in [2.05, 4.69) is 10.6 Å². The van der Waals surface area contributed by atoms with Crippen molar-refractivity contribution in [1.29, 1.82) is 0 Å². The van der Waals surface area contributed by atoms with E-state index in [1.807, 2.05) is 0 Å². The van der Waals surface area contributed by atoms with Crippen molar-refractivity contribution in [2.75, 3.05) is 19.6 Å². The molecule has 0 bridgehead atoms. The van der Waals surface area contributed by atoms with Gasteiger partial charge < -0.3 is 15.7 Å². The van der Waals surface area contributed by atoms with Gasteiger partial charge in [-0.2, -0.15) is 0 Å². The van der Waals surface area contributed by atoms with Gasteiger partial charge in [0.25, 0.3) is 0 Å². The summed E-state index contributed by atoms with van der Waals surface area (Å²) in [6.07, 6.45) is 2.83. The SMILES string of the molecule is O=C(NCC1CNCC1O)C1(c2ccccc2F)CCCC1. The number of rotatable bonds is 4. The van der Waals surface area contributed by atoms with Gasteiger partial charge in [-0.25, -0.2) is 4.39 Å². The van der Waals surface area contributed by atoms with Crippen LogP contribution in [0.5, 0.6) is 0 Å². The molecule has 4 nitrogen and oxygen atoms in total. The molecule has 0 aromatic heterocycles. The highest BCUT2D eigenvalue weighted by molar-refractivity contribution is 5.88. The minimum atomic E-state index is -0.748. The zero-order chi connectivity index (χ0) is 15.6. The molecule has 1 amide bonds. The largest absolute Gasteiger partial charge is 0.391 e. The molecule has 1 heterocycles. The molecular formula is C17H23FN2O2. The standard InChI is InChI=1S/C17H23FN2O2/c18-14-6-2-1-5-13(14)17(7-3-4-8-17)16(22)20-10-12-9-19-11-15(12)21/h1-2,5-6,12,15,19,21H,3-4,7-11H2,(H,20,22). The fourth-order valence-electron chi connectivity index (χ4n) is 3.77. The van der Waals surface area contributed by atoms with Crippen LogP contribution in [0.1, 0.15) is 31.2 Å². The highest BCUT2D eigenvalue weighted by atomic mass is 19.1. The van der Waals surface area contributed by atoms with Gasteiger partial charge in [-0.1, -0.05) is 31.0 Å². The lowest BCUT2D eigenvalue weighted by molar-refractivity contribution is -0.127. The summed E-state index contributed by atoms with van der Waals surface area (Å²) in [6.45, 7) is 1.70. The van der Waals surface area contributed by atoms with E-state index in [0.29, 0.717) is 38.0 Å². The third-order valence-corrected chi connectivity index (χ3v) is 5.11. The van der Waals surface area contributed by atoms with Crippen molar-refractivity contribution in [3.63, 3.8) is 0 Å². The topological polar surface area (TPSA) is 61.4 Å². The van der Waals surface area contributed by atoms with Crippen LogP contribution in [0, 0.1) is 11.7 Å². The van der Waals surface area contributed by atoms with E-state index >= 15 is 0 Å². The van der Waals surface area contributed by atoms with Crippen LogP contribution in [0.25, 0.3) is 0 Å². The van der Waals surface area contributed by atoms with Crippen molar-refractivity contribution in [3.05, 3.63) is 35.6 Å². The van der Waals surface area contributed by atoms with Crippen molar-refractivity contribution in [3.8, 4) is 0 Å². The lowest BCUT2D eigenvalue weighted by atomic mass is 9.77. The number of hydrogen-bond donors (Lipinski definition) is 3. The third kappa shape index (κ3) is 2.75. The van der Waals surface area contributed by atoms with E-state index in [1.165, 1.54) is 6.07 Å². The maximum atomic E-state index is 14.2. The average molecular weight is 306 g/mol. The number of β-amino-alcohol motifs (C(OH)–C–C–N with tert-alkyl or cyclic N) is 1. The van der Waals surface area contributed by atoms with Gasteiger partial charge in [-0.05, 0) is 18.9 Å². The summed E-state index contributed by atoms with van der Waals surface area (Å²) in [5.41, 5.74) is -0.238. The zero-order valence-electron chi connectivity index (χ0n) is 12.6. The number of benzene rings is 1. The molecule has 22 heavy (non-hydrogen) atoms. The number of carbonyl (C=O) groups is 1. The molecule has 2 aliphatic rings. The van der Waals surface area contributed by atoms with Crippen molar-refractivity contribution >= 4 is 5.91 Å². The molecule has 5 heteroatoms. The molecule has 0 spiro atoms. The van der Waals surface area contributed by atoms with Gasteiger partial charge in [0, 0.05) is 31.1 Å². The van der Waals surface area contributed by atoms with Crippen LogP contribution < -0.4 is 10.6 Å². The number of hydrogen-bond acceptors (Lipinski definition) is 3. The summed E-state index contributed by atoms with van der Waals surface area (Å²) in [5, 5.41) is 15.9. The van der Waals surface area contributed by atoms with Crippen LogP contribution >= 0.6 is 0 Å². The molecular weight excluding hydrogens is 283 g/mol. The molecule has 1 aliphatic heterocycles. The van der Waals surface area contributed by atoms with Crippen LogP contribution in [0.3, 0.4) is 0 Å². The summed E-state index contributed by atoms with van der Waals surface area (Å²) in [5.74, 6) is -0.376. The highest BCUT2D eigenvalue weighted by Crippen LogP contribution is 2.42. The maximum absolute atomic E-state index is 14.2. The normalized spacial score (nSPS) is 27.0. The van der Waals surface area contributed by atoms with Crippen molar-refractivity contribution in [1.82, 2.24) is 10.6 Å². The molecule has 1 aliphatic carbocycles. The second-order valence-electron chi connectivity index (χ2n) is 6.46. The average Bonchev–Trinajstić information content (AvgIpc) is 3.15. The van der Waals surface area contributed by atoms with Gasteiger partial charge in [0.1, 0.15) is 5.82 Å². The Morgan fingerprint density at radius 2 is 2.05 bits per heavy atom. The van der Waals surface area contributed by atoms with Gasteiger partial charge in [-0.15, -0.1) is 0 Å². The van der Waals surface area contributed by atoms with Crippen LogP contribution in [0.15, 0.2) is 24.3 Å². The van der Waals surface area contributed by atoms with E-state index < -0.39 is 11.5 Å². The molecule has 120 valence electrons. The van der Waals surface area contributed by atoms with E-state index in [0.717, 1.165) is 12.8 Å². The zero-order valence-corrected chi connectivity index (χ0v) is 12.6. The van der Waals surface area contributed by atoms with Gasteiger partial charge in [0.05, 0.1) is 11.5 Å². The smallest absolute Gasteiger partial charge is 0.230 e. The Hall–Kier alpha value is -1.46. The number of carbonyl (C=O) groups excluding carboxylic acids is 1. The molecule has 3 rings (SSSR count). The lowest BCUT2D eigenvalue weighted by Crippen LogP contribution is -2.46. The van der Waals surface area contributed by atoms with Crippen LogP contribution in [-0.4, -0.2) is 36.8 Å². The Kier molecular flexibility index (Phi) is 4.45. The molecule has 2 atom stereocenters. The number of halogens is 1. The molecule has 1 aromatic carbocycles. The molecule has 2 unspecified atom stereocenters. The van der Waals surface area contributed by atoms with E-state index in [-0.39, 0.29) is 17.6 Å². The monoisotopic (exact) mass is 306 g/mol. The minimum absolute atomic E-state index is 0.0306. The van der Waals surface area contributed by atoms with E-state index in [4.69, 9.17) is 0 Å². The first-order chi connectivity index (χ1) is 10.6. The third-order valence-electron chi connectivity index (χ3n) is 5.11. The van der Waals surface area contributed by atoms with Crippen LogP contribution in [0.2, 0.25) is 0 Å². The van der Waals surface area contributed by atoms with E-state index in [9.17, 15) is 14.3 Å². The first-order valence-corrected chi connectivity index (χ1v) is 8.05. The minimum Gasteiger partial charge on any atom is -0.391 e. The fourth-order valence-corrected chi connectivity index (χ4v) is 3.77. The second-order valence-corrected chi connectivity index (χ2v) is 6.46. The Bertz CT molecular complexity index is 543.